The van der Waals surface area contributed by atoms with E-state index in [0.717, 1.165) is 18.6 Å². The average Bonchev–Trinajstić information content (AvgIpc) is 2.41. The summed E-state index contributed by atoms with van der Waals surface area (Å²) in [6, 6.07) is 4.78. The zero-order valence-corrected chi connectivity index (χ0v) is 12.6. The maximum absolute atomic E-state index is 12.8. The van der Waals surface area contributed by atoms with E-state index < -0.39 is 28.7 Å². The summed E-state index contributed by atoms with van der Waals surface area (Å²) in [5.74, 6) is -0.396. The number of benzene rings is 1. The van der Waals surface area contributed by atoms with Gasteiger partial charge >= 0.3 is 6.18 Å². The number of nitrogens with one attached hydrogen (secondary N) is 1. The van der Waals surface area contributed by atoms with Gasteiger partial charge in [-0.2, -0.15) is 13.2 Å². The van der Waals surface area contributed by atoms with E-state index in [-0.39, 0.29) is 6.54 Å². The van der Waals surface area contributed by atoms with Crippen molar-refractivity contribution in [2.45, 2.75) is 50.3 Å². The molecule has 1 saturated carbocycles. The Bertz CT molecular complexity index is 563. The summed E-state index contributed by atoms with van der Waals surface area (Å²) >= 11 is 0. The molecule has 122 valence electrons. The average molecular weight is 315 g/mol. The van der Waals surface area contributed by atoms with Crippen molar-refractivity contribution >= 4 is 5.91 Å². The molecule has 2 N–H and O–H groups in total. The summed E-state index contributed by atoms with van der Waals surface area (Å²) in [6.07, 6.45) is -2.25. The molecule has 1 fully saturated rings. The SMILES string of the molecule is CC(C)(C(=O)NCC1(O)CCC1)c1cccc(C(F)(F)F)c1. The molecule has 1 aromatic carbocycles. The predicted octanol–water partition coefficient (Wildman–Crippen LogP) is 3.01. The van der Waals surface area contributed by atoms with E-state index in [1.54, 1.807) is 13.8 Å². The second-order valence-electron chi connectivity index (χ2n) is 6.46. The van der Waals surface area contributed by atoms with Gasteiger partial charge in [-0.05, 0) is 44.7 Å². The molecule has 0 saturated heterocycles. The summed E-state index contributed by atoms with van der Waals surface area (Å²) in [6.45, 7) is 3.28. The van der Waals surface area contributed by atoms with Crippen molar-refractivity contribution in [2.75, 3.05) is 6.54 Å². The highest BCUT2D eigenvalue weighted by Crippen LogP contribution is 2.34. The number of alkyl halides is 3. The molecule has 0 spiro atoms. The highest BCUT2D eigenvalue weighted by molar-refractivity contribution is 5.87. The Morgan fingerprint density at radius 2 is 1.86 bits per heavy atom. The first-order valence-electron chi connectivity index (χ1n) is 7.23. The van der Waals surface area contributed by atoms with Crippen LogP contribution in [0.3, 0.4) is 0 Å². The number of amides is 1. The Hall–Kier alpha value is -1.56. The Morgan fingerprint density at radius 3 is 2.36 bits per heavy atom. The number of hydrogen-bond acceptors (Lipinski definition) is 2. The standard InChI is InChI=1S/C16H20F3NO2/c1-14(2,13(21)20-10-15(22)7-4-8-15)11-5-3-6-12(9-11)16(17,18)19/h3,5-6,9,22H,4,7-8,10H2,1-2H3,(H,20,21). The third kappa shape index (κ3) is 3.43. The van der Waals surface area contributed by atoms with Crippen LogP contribution < -0.4 is 5.32 Å². The first-order valence-corrected chi connectivity index (χ1v) is 7.23. The van der Waals surface area contributed by atoms with E-state index in [1.807, 2.05) is 0 Å². The van der Waals surface area contributed by atoms with Gasteiger partial charge in [0.15, 0.2) is 0 Å². The van der Waals surface area contributed by atoms with Crippen molar-refractivity contribution in [2.24, 2.45) is 0 Å². The summed E-state index contributed by atoms with van der Waals surface area (Å²) < 4.78 is 38.3. The van der Waals surface area contributed by atoms with E-state index in [0.29, 0.717) is 18.4 Å². The zero-order chi connectivity index (χ0) is 16.6. The summed E-state index contributed by atoms with van der Waals surface area (Å²) in [7, 11) is 0. The normalized spacial score (nSPS) is 17.7. The maximum atomic E-state index is 12.8. The lowest BCUT2D eigenvalue weighted by Crippen LogP contribution is -2.51. The molecule has 0 unspecified atom stereocenters. The molecule has 0 aliphatic heterocycles. The highest BCUT2D eigenvalue weighted by Gasteiger charge is 2.38. The molecule has 1 aliphatic rings. The second-order valence-corrected chi connectivity index (χ2v) is 6.46. The Labute approximate surface area is 127 Å². The van der Waals surface area contributed by atoms with E-state index in [9.17, 15) is 23.1 Å². The molecule has 6 heteroatoms. The van der Waals surface area contributed by atoms with Gasteiger partial charge in [0, 0.05) is 6.54 Å². The molecule has 1 amide bonds. The van der Waals surface area contributed by atoms with Crippen LogP contribution in [0, 0.1) is 0 Å². The monoisotopic (exact) mass is 315 g/mol. The summed E-state index contributed by atoms with van der Waals surface area (Å²) in [5, 5.41) is 12.6. The number of carbonyl (C=O) groups is 1. The smallest absolute Gasteiger partial charge is 0.388 e. The van der Waals surface area contributed by atoms with Crippen molar-refractivity contribution in [3.63, 3.8) is 0 Å². The lowest BCUT2D eigenvalue weighted by atomic mass is 9.79. The van der Waals surface area contributed by atoms with Crippen molar-refractivity contribution in [3.8, 4) is 0 Å². The third-order valence-electron chi connectivity index (χ3n) is 4.34. The van der Waals surface area contributed by atoms with Gasteiger partial charge in [0.25, 0.3) is 0 Å². The van der Waals surface area contributed by atoms with Gasteiger partial charge in [0.1, 0.15) is 0 Å². The van der Waals surface area contributed by atoms with Crippen LogP contribution in [0.15, 0.2) is 24.3 Å². The van der Waals surface area contributed by atoms with Gasteiger partial charge in [0.2, 0.25) is 5.91 Å². The molecule has 0 bridgehead atoms. The second kappa shape index (κ2) is 5.57. The fraction of sp³-hybridized carbons (Fsp3) is 0.562. The minimum atomic E-state index is -4.44. The number of hydrogen-bond donors (Lipinski definition) is 2. The van der Waals surface area contributed by atoms with E-state index >= 15 is 0 Å². The predicted molar refractivity (Wildman–Crippen MR) is 76.3 cm³/mol. The number of carbonyl (C=O) groups excluding carboxylic acids is 1. The van der Waals surface area contributed by atoms with Crippen LogP contribution in [0.1, 0.15) is 44.2 Å². The van der Waals surface area contributed by atoms with Crippen LogP contribution >= 0.6 is 0 Å². The first kappa shape index (κ1) is 16.8. The largest absolute Gasteiger partial charge is 0.416 e. The molecule has 0 aromatic heterocycles. The molecular formula is C16H20F3NO2. The van der Waals surface area contributed by atoms with Gasteiger partial charge < -0.3 is 10.4 Å². The van der Waals surface area contributed by atoms with Crippen LogP contribution in [0.5, 0.6) is 0 Å². The number of aliphatic hydroxyl groups is 1. The molecule has 1 aliphatic carbocycles. The van der Waals surface area contributed by atoms with Gasteiger partial charge in [-0.15, -0.1) is 0 Å². The van der Waals surface area contributed by atoms with Crippen molar-refractivity contribution in [1.29, 1.82) is 0 Å². The number of rotatable bonds is 4. The van der Waals surface area contributed by atoms with E-state index in [1.165, 1.54) is 12.1 Å². The van der Waals surface area contributed by atoms with E-state index in [2.05, 4.69) is 5.32 Å². The van der Waals surface area contributed by atoms with Crippen molar-refractivity contribution in [1.82, 2.24) is 5.32 Å². The van der Waals surface area contributed by atoms with Gasteiger partial charge in [-0.1, -0.05) is 18.2 Å². The van der Waals surface area contributed by atoms with Crippen LogP contribution in [0.4, 0.5) is 13.2 Å². The molecule has 0 atom stereocenters. The minimum Gasteiger partial charge on any atom is -0.388 e. The summed E-state index contributed by atoms with van der Waals surface area (Å²) in [5.41, 5.74) is -2.45. The molecule has 1 aromatic rings. The first-order chi connectivity index (χ1) is 10.0. The molecule has 2 rings (SSSR count). The molecule has 3 nitrogen and oxygen atoms in total. The van der Waals surface area contributed by atoms with Crippen LogP contribution in [0.25, 0.3) is 0 Å². The molecule has 0 heterocycles. The topological polar surface area (TPSA) is 49.3 Å². The summed E-state index contributed by atoms with van der Waals surface area (Å²) in [4.78, 5) is 12.3. The minimum absolute atomic E-state index is 0.133. The van der Waals surface area contributed by atoms with Crippen LogP contribution in [-0.2, 0) is 16.4 Å². The Morgan fingerprint density at radius 1 is 1.27 bits per heavy atom. The Kier molecular flexibility index (Phi) is 4.26. The van der Waals surface area contributed by atoms with Gasteiger partial charge in [-0.25, -0.2) is 0 Å². The lowest BCUT2D eigenvalue weighted by molar-refractivity contribution is -0.138. The lowest BCUT2D eigenvalue weighted by Gasteiger charge is -2.37. The van der Waals surface area contributed by atoms with Crippen molar-refractivity contribution in [3.05, 3.63) is 35.4 Å². The number of halogens is 3. The van der Waals surface area contributed by atoms with Crippen LogP contribution in [-0.4, -0.2) is 23.2 Å². The fourth-order valence-electron chi connectivity index (χ4n) is 2.44. The Balaban J connectivity index is 2.13. The maximum Gasteiger partial charge on any atom is 0.416 e. The van der Waals surface area contributed by atoms with Crippen molar-refractivity contribution < 1.29 is 23.1 Å². The zero-order valence-electron chi connectivity index (χ0n) is 12.6. The molecule has 0 radical (unpaired) electrons. The molecule has 22 heavy (non-hydrogen) atoms. The van der Waals surface area contributed by atoms with Crippen LogP contribution in [0.2, 0.25) is 0 Å². The highest BCUT2D eigenvalue weighted by atomic mass is 19.4. The van der Waals surface area contributed by atoms with Gasteiger partial charge in [-0.3, -0.25) is 4.79 Å². The quantitative estimate of drug-likeness (QED) is 0.897. The van der Waals surface area contributed by atoms with Gasteiger partial charge in [0.05, 0.1) is 16.6 Å². The third-order valence-corrected chi connectivity index (χ3v) is 4.34. The van der Waals surface area contributed by atoms with E-state index in [4.69, 9.17) is 0 Å². The molecular weight excluding hydrogens is 295 g/mol. The fourth-order valence-corrected chi connectivity index (χ4v) is 2.44.